The molecule has 0 heterocycles. The molecule has 0 aliphatic rings. The minimum absolute atomic E-state index is 0.150. The van der Waals surface area contributed by atoms with Crippen molar-refractivity contribution in [1.82, 2.24) is 4.72 Å². The zero-order valence-electron chi connectivity index (χ0n) is 13.5. The van der Waals surface area contributed by atoms with Crippen LogP contribution in [-0.4, -0.2) is 21.6 Å². The molecule has 0 aromatic heterocycles. The molecule has 0 atom stereocenters. The highest BCUT2D eigenvalue weighted by Crippen LogP contribution is 2.20. The van der Waals surface area contributed by atoms with Crippen LogP contribution in [0.3, 0.4) is 0 Å². The lowest BCUT2D eigenvalue weighted by Gasteiger charge is -2.10. The Kier molecular flexibility index (Phi) is 5.58. The molecule has 6 heteroatoms. The summed E-state index contributed by atoms with van der Waals surface area (Å²) < 4.78 is 32.4. The van der Waals surface area contributed by atoms with Gasteiger partial charge in [0.05, 0.1) is 5.75 Å². The summed E-state index contributed by atoms with van der Waals surface area (Å²) in [4.78, 5) is 0. The maximum absolute atomic E-state index is 12.1. The van der Waals surface area contributed by atoms with E-state index in [2.05, 4.69) is 4.72 Å². The fourth-order valence-electron chi connectivity index (χ4n) is 2.49. The third-order valence-electron chi connectivity index (χ3n) is 3.72. The molecule has 0 saturated heterocycles. The molecule has 3 aromatic rings. The first-order chi connectivity index (χ1) is 12.0. The number of sulfonamides is 1. The van der Waals surface area contributed by atoms with Gasteiger partial charge in [-0.2, -0.15) is 0 Å². The van der Waals surface area contributed by atoms with Crippen LogP contribution in [0.5, 0.6) is 5.75 Å². The summed E-state index contributed by atoms with van der Waals surface area (Å²) in [5.41, 5.74) is 0.576. The van der Waals surface area contributed by atoms with Gasteiger partial charge in [-0.25, -0.2) is 13.1 Å². The summed E-state index contributed by atoms with van der Waals surface area (Å²) >= 11 is 6.00. The Labute approximate surface area is 152 Å². The van der Waals surface area contributed by atoms with Gasteiger partial charge in [-0.05, 0) is 34.5 Å². The molecule has 0 spiro atoms. The van der Waals surface area contributed by atoms with Gasteiger partial charge in [0.15, 0.2) is 0 Å². The third-order valence-corrected chi connectivity index (χ3v) is 5.42. The Hall–Kier alpha value is -2.08. The van der Waals surface area contributed by atoms with E-state index >= 15 is 0 Å². The summed E-state index contributed by atoms with van der Waals surface area (Å²) in [7, 11) is -3.46. The van der Waals surface area contributed by atoms with Crippen molar-refractivity contribution in [3.8, 4) is 5.75 Å². The first-order valence-electron chi connectivity index (χ1n) is 7.86. The SMILES string of the molecule is O=S(=O)(Cc1ccccc1Cl)NCCOc1ccc2ccccc2c1. The molecule has 0 radical (unpaired) electrons. The minimum Gasteiger partial charge on any atom is -0.492 e. The molecule has 0 aliphatic heterocycles. The van der Waals surface area contributed by atoms with E-state index in [0.717, 1.165) is 10.8 Å². The van der Waals surface area contributed by atoms with Crippen molar-refractivity contribution in [3.05, 3.63) is 77.3 Å². The zero-order valence-corrected chi connectivity index (χ0v) is 15.1. The molecule has 0 aliphatic carbocycles. The van der Waals surface area contributed by atoms with Gasteiger partial charge in [-0.15, -0.1) is 0 Å². The van der Waals surface area contributed by atoms with E-state index in [1.54, 1.807) is 24.3 Å². The smallest absolute Gasteiger partial charge is 0.215 e. The van der Waals surface area contributed by atoms with Gasteiger partial charge in [0, 0.05) is 11.6 Å². The fraction of sp³-hybridized carbons (Fsp3) is 0.158. The van der Waals surface area contributed by atoms with Gasteiger partial charge in [-0.1, -0.05) is 60.1 Å². The van der Waals surface area contributed by atoms with Crippen LogP contribution in [0.1, 0.15) is 5.56 Å². The quantitative estimate of drug-likeness (QED) is 0.635. The number of halogens is 1. The number of hydrogen-bond donors (Lipinski definition) is 1. The summed E-state index contributed by atoms with van der Waals surface area (Å²) in [6, 6.07) is 20.7. The molecule has 0 amide bonds. The minimum atomic E-state index is -3.46. The van der Waals surface area contributed by atoms with E-state index in [0.29, 0.717) is 16.3 Å². The topological polar surface area (TPSA) is 55.4 Å². The number of ether oxygens (including phenoxy) is 1. The summed E-state index contributed by atoms with van der Waals surface area (Å²) in [6.45, 7) is 0.444. The van der Waals surface area contributed by atoms with Gasteiger partial charge in [0.1, 0.15) is 12.4 Å². The van der Waals surface area contributed by atoms with Crippen molar-refractivity contribution in [2.24, 2.45) is 0 Å². The Morgan fingerprint density at radius 1 is 0.920 bits per heavy atom. The highest BCUT2D eigenvalue weighted by molar-refractivity contribution is 7.88. The molecular formula is C19H18ClNO3S. The van der Waals surface area contributed by atoms with Crippen LogP contribution in [0.15, 0.2) is 66.7 Å². The number of nitrogens with one attached hydrogen (secondary N) is 1. The predicted molar refractivity (Wildman–Crippen MR) is 102 cm³/mol. The Morgan fingerprint density at radius 2 is 1.64 bits per heavy atom. The van der Waals surface area contributed by atoms with Crippen molar-refractivity contribution in [2.45, 2.75) is 5.75 Å². The van der Waals surface area contributed by atoms with E-state index in [-0.39, 0.29) is 18.9 Å². The summed E-state index contributed by atoms with van der Waals surface area (Å²) in [5.74, 6) is 0.562. The van der Waals surface area contributed by atoms with E-state index in [1.165, 1.54) is 0 Å². The zero-order chi connectivity index (χ0) is 17.7. The van der Waals surface area contributed by atoms with Crippen LogP contribution < -0.4 is 9.46 Å². The first-order valence-corrected chi connectivity index (χ1v) is 9.89. The third kappa shape index (κ3) is 4.95. The summed E-state index contributed by atoms with van der Waals surface area (Å²) in [5, 5.41) is 2.66. The Morgan fingerprint density at radius 3 is 2.44 bits per heavy atom. The lowest BCUT2D eigenvalue weighted by molar-refractivity contribution is 0.323. The van der Waals surface area contributed by atoms with Crippen molar-refractivity contribution in [1.29, 1.82) is 0 Å². The van der Waals surface area contributed by atoms with Crippen molar-refractivity contribution in [3.63, 3.8) is 0 Å². The van der Waals surface area contributed by atoms with Crippen LogP contribution >= 0.6 is 11.6 Å². The van der Waals surface area contributed by atoms with Crippen LogP contribution in [0.2, 0.25) is 5.02 Å². The molecule has 0 bridgehead atoms. The highest BCUT2D eigenvalue weighted by atomic mass is 35.5. The van der Waals surface area contributed by atoms with Gasteiger partial charge in [-0.3, -0.25) is 0 Å². The fourth-order valence-corrected chi connectivity index (χ4v) is 3.93. The second kappa shape index (κ2) is 7.87. The highest BCUT2D eigenvalue weighted by Gasteiger charge is 2.13. The van der Waals surface area contributed by atoms with Gasteiger partial charge >= 0.3 is 0 Å². The van der Waals surface area contributed by atoms with Crippen molar-refractivity contribution in [2.75, 3.05) is 13.2 Å². The number of rotatable bonds is 7. The monoisotopic (exact) mass is 375 g/mol. The Bertz CT molecular complexity index is 973. The van der Waals surface area contributed by atoms with Crippen molar-refractivity contribution < 1.29 is 13.2 Å². The largest absolute Gasteiger partial charge is 0.492 e. The molecular weight excluding hydrogens is 358 g/mol. The molecule has 0 saturated carbocycles. The predicted octanol–water partition coefficient (Wildman–Crippen LogP) is 3.99. The average molecular weight is 376 g/mol. The second-order valence-electron chi connectivity index (χ2n) is 5.60. The molecule has 0 fully saturated rings. The van der Waals surface area contributed by atoms with E-state index in [9.17, 15) is 8.42 Å². The average Bonchev–Trinajstić information content (AvgIpc) is 2.60. The van der Waals surface area contributed by atoms with Crippen molar-refractivity contribution >= 4 is 32.4 Å². The van der Waals surface area contributed by atoms with Gasteiger partial charge in [0.25, 0.3) is 0 Å². The summed E-state index contributed by atoms with van der Waals surface area (Å²) in [6.07, 6.45) is 0. The van der Waals surface area contributed by atoms with Crippen LogP contribution in [0, 0.1) is 0 Å². The second-order valence-corrected chi connectivity index (χ2v) is 7.82. The normalized spacial score (nSPS) is 11.6. The lowest BCUT2D eigenvalue weighted by Crippen LogP contribution is -2.29. The number of fused-ring (bicyclic) bond motifs is 1. The van der Waals surface area contributed by atoms with Crippen LogP contribution in [-0.2, 0) is 15.8 Å². The number of benzene rings is 3. The van der Waals surface area contributed by atoms with E-state index in [1.807, 2.05) is 42.5 Å². The maximum Gasteiger partial charge on any atom is 0.215 e. The standard InChI is InChI=1S/C19H18ClNO3S/c20-19-8-4-3-7-17(19)14-25(22,23)21-11-12-24-18-10-9-15-5-1-2-6-16(15)13-18/h1-10,13,21H,11-12,14H2. The van der Waals surface area contributed by atoms with E-state index < -0.39 is 10.0 Å². The number of hydrogen-bond acceptors (Lipinski definition) is 3. The molecule has 4 nitrogen and oxygen atoms in total. The molecule has 3 aromatic carbocycles. The molecule has 25 heavy (non-hydrogen) atoms. The Balaban J connectivity index is 1.52. The van der Waals surface area contributed by atoms with Gasteiger partial charge in [0.2, 0.25) is 10.0 Å². The van der Waals surface area contributed by atoms with E-state index in [4.69, 9.17) is 16.3 Å². The maximum atomic E-state index is 12.1. The lowest BCUT2D eigenvalue weighted by atomic mass is 10.1. The van der Waals surface area contributed by atoms with Crippen LogP contribution in [0.4, 0.5) is 0 Å². The van der Waals surface area contributed by atoms with Crippen LogP contribution in [0.25, 0.3) is 10.8 Å². The first kappa shape index (κ1) is 17.7. The molecule has 130 valence electrons. The molecule has 1 N–H and O–H groups in total. The molecule has 3 rings (SSSR count). The molecule has 0 unspecified atom stereocenters. The van der Waals surface area contributed by atoms with Gasteiger partial charge < -0.3 is 4.74 Å².